The Labute approximate surface area is 121 Å². The molecule has 0 saturated carbocycles. The summed E-state index contributed by atoms with van der Waals surface area (Å²) in [7, 11) is 0. The van der Waals surface area contributed by atoms with Gasteiger partial charge in [-0.15, -0.1) is 0 Å². The number of imidazole rings is 1. The van der Waals surface area contributed by atoms with Crippen LogP contribution in [-0.4, -0.2) is 9.55 Å². The van der Waals surface area contributed by atoms with Crippen LogP contribution in [0.15, 0.2) is 28.9 Å². The molecule has 0 atom stereocenters. The van der Waals surface area contributed by atoms with Crippen molar-refractivity contribution in [1.29, 1.82) is 0 Å². The van der Waals surface area contributed by atoms with E-state index < -0.39 is 0 Å². The molecule has 3 nitrogen and oxygen atoms in total. The van der Waals surface area contributed by atoms with Gasteiger partial charge in [0.15, 0.2) is 0 Å². The molecule has 0 aliphatic rings. The van der Waals surface area contributed by atoms with E-state index in [1.165, 1.54) is 6.07 Å². The van der Waals surface area contributed by atoms with Crippen molar-refractivity contribution >= 4 is 27.6 Å². The fourth-order valence-corrected chi connectivity index (χ4v) is 2.22. The predicted octanol–water partition coefficient (Wildman–Crippen LogP) is 4.64. The van der Waals surface area contributed by atoms with Crippen LogP contribution in [0.3, 0.4) is 0 Å². The molecule has 0 unspecified atom stereocenters. The first kappa shape index (κ1) is 14.1. The topological polar surface area (TPSA) is 29.9 Å². The number of hydrogen-bond donors (Lipinski definition) is 1. The molecule has 0 spiro atoms. The first-order chi connectivity index (χ1) is 9.10. The second kappa shape index (κ2) is 6.19. The fourth-order valence-electron chi connectivity index (χ4n) is 1.86. The standard InChI is InChI=1S/C14H17BrFN3/c1-3-4-7-19-9-10(2)17-14(19)18-13-8-11(15)5-6-12(13)16/h5-6,8-9H,3-4,7H2,1-2H3,(H,17,18). The van der Waals surface area contributed by atoms with Crippen molar-refractivity contribution in [3.8, 4) is 0 Å². The highest BCUT2D eigenvalue weighted by molar-refractivity contribution is 9.10. The van der Waals surface area contributed by atoms with Crippen molar-refractivity contribution in [3.63, 3.8) is 0 Å². The highest BCUT2D eigenvalue weighted by Crippen LogP contribution is 2.23. The summed E-state index contributed by atoms with van der Waals surface area (Å²) >= 11 is 3.34. The van der Waals surface area contributed by atoms with E-state index in [-0.39, 0.29) is 5.82 Å². The zero-order chi connectivity index (χ0) is 13.8. The maximum absolute atomic E-state index is 13.7. The minimum atomic E-state index is -0.286. The van der Waals surface area contributed by atoms with Crippen molar-refractivity contribution in [2.45, 2.75) is 33.2 Å². The number of aryl methyl sites for hydroxylation is 2. The van der Waals surface area contributed by atoms with Crippen molar-refractivity contribution < 1.29 is 4.39 Å². The minimum absolute atomic E-state index is 0.286. The Kier molecular flexibility index (Phi) is 4.58. The normalized spacial score (nSPS) is 10.7. The number of benzene rings is 1. The number of anilines is 2. The molecule has 0 amide bonds. The Bertz CT molecular complexity index is 566. The molecule has 1 aromatic carbocycles. The summed E-state index contributed by atoms with van der Waals surface area (Å²) in [5.74, 6) is 0.397. The van der Waals surface area contributed by atoms with Gasteiger partial charge in [0.25, 0.3) is 0 Å². The molecule has 2 aromatic rings. The summed E-state index contributed by atoms with van der Waals surface area (Å²) in [6.07, 6.45) is 4.17. The van der Waals surface area contributed by atoms with Gasteiger partial charge in [0.1, 0.15) is 5.82 Å². The average Bonchev–Trinajstić information content (AvgIpc) is 2.71. The first-order valence-electron chi connectivity index (χ1n) is 6.36. The number of halogens is 2. The molecule has 5 heteroatoms. The number of rotatable bonds is 5. The molecular weight excluding hydrogens is 309 g/mol. The molecular formula is C14H17BrFN3. The Balaban J connectivity index is 2.24. The van der Waals surface area contributed by atoms with Crippen LogP contribution in [0.1, 0.15) is 25.5 Å². The van der Waals surface area contributed by atoms with Gasteiger partial charge in [-0.05, 0) is 31.5 Å². The summed E-state index contributed by atoms with van der Waals surface area (Å²) in [5.41, 5.74) is 1.35. The Morgan fingerprint density at radius 3 is 2.95 bits per heavy atom. The summed E-state index contributed by atoms with van der Waals surface area (Å²) in [6.45, 7) is 4.96. The van der Waals surface area contributed by atoms with Gasteiger partial charge in [-0.1, -0.05) is 29.3 Å². The van der Waals surface area contributed by atoms with Crippen molar-refractivity contribution in [1.82, 2.24) is 9.55 Å². The van der Waals surface area contributed by atoms with Crippen LogP contribution in [0.4, 0.5) is 16.0 Å². The number of nitrogens with zero attached hydrogens (tertiary/aromatic N) is 2. The molecule has 19 heavy (non-hydrogen) atoms. The highest BCUT2D eigenvalue weighted by atomic mass is 79.9. The maximum Gasteiger partial charge on any atom is 0.207 e. The minimum Gasteiger partial charge on any atom is -0.323 e. The van der Waals surface area contributed by atoms with E-state index in [2.05, 4.69) is 33.2 Å². The number of nitrogens with one attached hydrogen (secondary N) is 1. The van der Waals surface area contributed by atoms with Gasteiger partial charge >= 0.3 is 0 Å². The van der Waals surface area contributed by atoms with Gasteiger partial charge in [-0.25, -0.2) is 9.37 Å². The molecule has 0 aliphatic carbocycles. The van der Waals surface area contributed by atoms with E-state index in [0.717, 1.165) is 29.6 Å². The zero-order valence-corrected chi connectivity index (χ0v) is 12.7. The number of hydrogen-bond acceptors (Lipinski definition) is 2. The lowest BCUT2D eigenvalue weighted by molar-refractivity contribution is 0.625. The molecule has 1 aromatic heterocycles. The van der Waals surface area contributed by atoms with Gasteiger partial charge in [-0.2, -0.15) is 0 Å². The van der Waals surface area contributed by atoms with Gasteiger partial charge < -0.3 is 9.88 Å². The second-order valence-electron chi connectivity index (χ2n) is 4.50. The van der Waals surface area contributed by atoms with Crippen LogP contribution in [0.2, 0.25) is 0 Å². The maximum atomic E-state index is 13.7. The third-order valence-corrected chi connectivity index (χ3v) is 3.32. The fraction of sp³-hybridized carbons (Fsp3) is 0.357. The summed E-state index contributed by atoms with van der Waals surface area (Å²) in [5, 5.41) is 3.06. The monoisotopic (exact) mass is 325 g/mol. The van der Waals surface area contributed by atoms with E-state index in [1.807, 2.05) is 17.7 Å². The lowest BCUT2D eigenvalue weighted by Crippen LogP contribution is -2.04. The smallest absolute Gasteiger partial charge is 0.207 e. The van der Waals surface area contributed by atoms with Crippen molar-refractivity contribution in [2.75, 3.05) is 5.32 Å². The molecule has 0 saturated heterocycles. The van der Waals surface area contributed by atoms with Gasteiger partial charge in [0, 0.05) is 17.2 Å². The quantitative estimate of drug-likeness (QED) is 0.868. The lowest BCUT2D eigenvalue weighted by atomic mass is 10.3. The summed E-state index contributed by atoms with van der Waals surface area (Å²) < 4.78 is 16.6. The number of aromatic nitrogens is 2. The summed E-state index contributed by atoms with van der Waals surface area (Å²) in [6, 6.07) is 4.82. The SMILES string of the molecule is CCCCn1cc(C)nc1Nc1cc(Br)ccc1F. The molecule has 2 rings (SSSR count). The van der Waals surface area contributed by atoms with Gasteiger partial charge in [0.2, 0.25) is 5.95 Å². The van der Waals surface area contributed by atoms with E-state index in [9.17, 15) is 4.39 Å². The third kappa shape index (κ3) is 3.56. The van der Waals surface area contributed by atoms with Crippen LogP contribution in [0.5, 0.6) is 0 Å². The average molecular weight is 326 g/mol. The lowest BCUT2D eigenvalue weighted by Gasteiger charge is -2.10. The van der Waals surface area contributed by atoms with Crippen molar-refractivity contribution in [3.05, 3.63) is 40.4 Å². The number of unbranched alkanes of at least 4 members (excludes halogenated alkanes) is 1. The van der Waals surface area contributed by atoms with Crippen LogP contribution in [0, 0.1) is 12.7 Å². The van der Waals surface area contributed by atoms with Gasteiger partial charge in [0.05, 0.1) is 11.4 Å². The van der Waals surface area contributed by atoms with Crippen LogP contribution < -0.4 is 5.32 Å². The second-order valence-corrected chi connectivity index (χ2v) is 5.42. The van der Waals surface area contributed by atoms with Crippen LogP contribution >= 0.6 is 15.9 Å². The Morgan fingerprint density at radius 2 is 2.21 bits per heavy atom. The van der Waals surface area contributed by atoms with Crippen molar-refractivity contribution in [2.24, 2.45) is 0 Å². The largest absolute Gasteiger partial charge is 0.323 e. The molecule has 0 aliphatic heterocycles. The summed E-state index contributed by atoms with van der Waals surface area (Å²) in [4.78, 5) is 4.40. The van der Waals surface area contributed by atoms with E-state index in [0.29, 0.717) is 11.6 Å². The molecule has 0 bridgehead atoms. The molecule has 1 N–H and O–H groups in total. The van der Waals surface area contributed by atoms with E-state index in [4.69, 9.17) is 0 Å². The molecule has 102 valence electrons. The molecule has 0 radical (unpaired) electrons. The van der Waals surface area contributed by atoms with E-state index in [1.54, 1.807) is 12.1 Å². The first-order valence-corrected chi connectivity index (χ1v) is 7.15. The van der Waals surface area contributed by atoms with Crippen LogP contribution in [0.25, 0.3) is 0 Å². The predicted molar refractivity (Wildman–Crippen MR) is 79.3 cm³/mol. The Hall–Kier alpha value is -1.36. The Morgan fingerprint density at radius 1 is 1.42 bits per heavy atom. The van der Waals surface area contributed by atoms with E-state index >= 15 is 0 Å². The molecule has 1 heterocycles. The third-order valence-electron chi connectivity index (χ3n) is 2.82. The zero-order valence-electron chi connectivity index (χ0n) is 11.1. The van der Waals surface area contributed by atoms with Gasteiger partial charge in [-0.3, -0.25) is 0 Å². The van der Waals surface area contributed by atoms with Crippen LogP contribution in [-0.2, 0) is 6.54 Å². The highest BCUT2D eigenvalue weighted by Gasteiger charge is 2.09. The molecule has 0 fully saturated rings.